The molecule has 0 unspecified atom stereocenters. The van der Waals surface area contributed by atoms with E-state index in [9.17, 15) is 14.0 Å². The van der Waals surface area contributed by atoms with Gasteiger partial charge in [-0.1, -0.05) is 23.9 Å². The fraction of sp³-hybridized carbons (Fsp3) is 0.111. The minimum atomic E-state index is -0.363. The largest absolute Gasteiger partial charge is 0.326 e. The number of aromatic amines is 1. The normalized spacial score (nSPS) is 10.4. The van der Waals surface area contributed by atoms with E-state index in [0.29, 0.717) is 22.4 Å². The summed E-state index contributed by atoms with van der Waals surface area (Å²) >= 11 is 1.17. The zero-order chi connectivity index (χ0) is 19.2. The minimum absolute atomic E-state index is 0.112. The summed E-state index contributed by atoms with van der Waals surface area (Å²) in [4.78, 5) is 27.5. The van der Waals surface area contributed by atoms with Crippen molar-refractivity contribution >= 4 is 35.0 Å². The number of thioether (sulfide) groups is 1. The van der Waals surface area contributed by atoms with Gasteiger partial charge in [-0.15, -0.1) is 5.10 Å². The van der Waals surface area contributed by atoms with E-state index in [1.165, 1.54) is 43.0 Å². The van der Waals surface area contributed by atoms with Crippen molar-refractivity contribution in [1.82, 2.24) is 15.2 Å². The zero-order valence-corrected chi connectivity index (χ0v) is 15.1. The molecule has 0 aliphatic carbocycles. The molecule has 2 aromatic carbocycles. The predicted octanol–water partition coefficient (Wildman–Crippen LogP) is 3.30. The predicted molar refractivity (Wildman–Crippen MR) is 102 cm³/mol. The highest BCUT2D eigenvalue weighted by atomic mass is 32.2. The first-order valence-corrected chi connectivity index (χ1v) is 8.97. The van der Waals surface area contributed by atoms with Crippen LogP contribution in [0, 0.1) is 5.82 Å². The van der Waals surface area contributed by atoms with Crippen molar-refractivity contribution in [1.29, 1.82) is 0 Å². The van der Waals surface area contributed by atoms with Gasteiger partial charge in [-0.05, 0) is 36.4 Å². The lowest BCUT2D eigenvalue weighted by molar-refractivity contribution is -0.114. The monoisotopic (exact) mass is 385 g/mol. The van der Waals surface area contributed by atoms with Crippen LogP contribution in [0.4, 0.5) is 15.8 Å². The van der Waals surface area contributed by atoms with Crippen molar-refractivity contribution in [2.45, 2.75) is 12.1 Å². The Morgan fingerprint density at radius 3 is 2.63 bits per heavy atom. The average molecular weight is 385 g/mol. The molecule has 1 heterocycles. The highest BCUT2D eigenvalue weighted by molar-refractivity contribution is 7.99. The van der Waals surface area contributed by atoms with Crippen LogP contribution in [0.25, 0.3) is 11.4 Å². The van der Waals surface area contributed by atoms with Gasteiger partial charge in [-0.2, -0.15) is 0 Å². The summed E-state index contributed by atoms with van der Waals surface area (Å²) in [5, 5.41) is 12.7. The first kappa shape index (κ1) is 18.6. The molecule has 0 bridgehead atoms. The van der Waals surface area contributed by atoms with Crippen LogP contribution in [0.2, 0.25) is 0 Å². The van der Waals surface area contributed by atoms with Crippen LogP contribution >= 0.6 is 11.8 Å². The molecule has 2 amide bonds. The summed E-state index contributed by atoms with van der Waals surface area (Å²) in [6.45, 7) is 1.44. The third-order valence-electron chi connectivity index (χ3n) is 3.38. The van der Waals surface area contributed by atoms with Crippen LogP contribution in [-0.2, 0) is 9.59 Å². The maximum absolute atomic E-state index is 12.9. The van der Waals surface area contributed by atoms with Gasteiger partial charge in [0.05, 0.1) is 5.75 Å². The highest BCUT2D eigenvalue weighted by Gasteiger charge is 2.10. The van der Waals surface area contributed by atoms with Crippen molar-refractivity contribution < 1.29 is 14.0 Å². The van der Waals surface area contributed by atoms with Gasteiger partial charge >= 0.3 is 0 Å². The summed E-state index contributed by atoms with van der Waals surface area (Å²) in [6, 6.07) is 12.7. The number of amides is 2. The molecule has 0 radical (unpaired) electrons. The van der Waals surface area contributed by atoms with Crippen LogP contribution in [0.15, 0.2) is 53.7 Å². The molecule has 3 rings (SSSR count). The van der Waals surface area contributed by atoms with Gasteiger partial charge in [0.15, 0.2) is 5.82 Å². The van der Waals surface area contributed by atoms with E-state index < -0.39 is 0 Å². The number of halogens is 1. The van der Waals surface area contributed by atoms with Crippen molar-refractivity contribution in [3.63, 3.8) is 0 Å². The number of benzene rings is 2. The topological polar surface area (TPSA) is 99.8 Å². The second kappa shape index (κ2) is 8.45. The minimum Gasteiger partial charge on any atom is -0.326 e. The van der Waals surface area contributed by atoms with Crippen LogP contribution < -0.4 is 10.6 Å². The van der Waals surface area contributed by atoms with E-state index in [0.717, 1.165) is 5.56 Å². The van der Waals surface area contributed by atoms with Crippen LogP contribution in [0.1, 0.15) is 6.92 Å². The summed E-state index contributed by atoms with van der Waals surface area (Å²) < 4.78 is 12.9. The Hall–Kier alpha value is -3.20. The summed E-state index contributed by atoms with van der Waals surface area (Å²) in [6.07, 6.45) is 0. The Morgan fingerprint density at radius 1 is 1.11 bits per heavy atom. The number of rotatable bonds is 6. The molecule has 0 saturated heterocycles. The van der Waals surface area contributed by atoms with Gasteiger partial charge in [0.1, 0.15) is 5.82 Å². The molecule has 0 atom stereocenters. The SMILES string of the molecule is CC(=O)Nc1cccc(-c2nc(SCC(=O)Nc3ccc(F)cc3)n[nH]2)c1. The number of aromatic nitrogens is 3. The Morgan fingerprint density at radius 2 is 1.89 bits per heavy atom. The van der Waals surface area contributed by atoms with Gasteiger partial charge in [0.25, 0.3) is 0 Å². The van der Waals surface area contributed by atoms with E-state index in [4.69, 9.17) is 0 Å². The van der Waals surface area contributed by atoms with Crippen molar-refractivity contribution in [2.24, 2.45) is 0 Å². The van der Waals surface area contributed by atoms with E-state index in [1.807, 2.05) is 6.07 Å². The quantitative estimate of drug-likeness (QED) is 0.566. The maximum Gasteiger partial charge on any atom is 0.234 e. The van der Waals surface area contributed by atoms with Crippen molar-refractivity contribution in [3.8, 4) is 11.4 Å². The van der Waals surface area contributed by atoms with Crippen LogP contribution in [-0.4, -0.2) is 32.7 Å². The molecule has 3 aromatic rings. The van der Waals surface area contributed by atoms with Crippen molar-refractivity contribution in [3.05, 3.63) is 54.3 Å². The Labute approximate surface area is 158 Å². The van der Waals surface area contributed by atoms with Gasteiger partial charge in [-0.25, -0.2) is 9.37 Å². The van der Waals surface area contributed by atoms with Crippen molar-refractivity contribution in [2.75, 3.05) is 16.4 Å². The standard InChI is InChI=1S/C18H16FN5O2S/c1-11(25)20-15-4-2-3-12(9-15)17-22-18(24-23-17)27-10-16(26)21-14-7-5-13(19)6-8-14/h2-9H,10H2,1H3,(H,20,25)(H,21,26)(H,22,23,24). The molecule has 3 N–H and O–H groups in total. The Balaban J connectivity index is 1.58. The summed E-state index contributed by atoms with van der Waals surface area (Å²) in [5.74, 6) is -0.124. The number of hydrogen-bond donors (Lipinski definition) is 3. The molecular weight excluding hydrogens is 369 g/mol. The number of nitrogens with zero attached hydrogens (tertiary/aromatic N) is 2. The van der Waals surface area contributed by atoms with Crippen LogP contribution in [0.3, 0.4) is 0 Å². The molecule has 0 aliphatic heterocycles. The number of hydrogen-bond acceptors (Lipinski definition) is 5. The second-order valence-corrected chi connectivity index (χ2v) is 6.51. The lowest BCUT2D eigenvalue weighted by atomic mass is 10.2. The van der Waals surface area contributed by atoms with Gasteiger partial charge in [0.2, 0.25) is 17.0 Å². The molecule has 7 nitrogen and oxygen atoms in total. The zero-order valence-electron chi connectivity index (χ0n) is 14.3. The molecular formula is C18H16FN5O2S. The number of nitrogens with one attached hydrogen (secondary N) is 3. The van der Waals surface area contributed by atoms with Gasteiger partial charge < -0.3 is 10.6 Å². The number of carbonyl (C=O) groups excluding carboxylic acids is 2. The van der Waals surface area contributed by atoms with Crippen LogP contribution in [0.5, 0.6) is 0 Å². The molecule has 0 saturated carbocycles. The number of carbonyl (C=O) groups is 2. The summed E-state index contributed by atoms with van der Waals surface area (Å²) in [5.41, 5.74) is 1.94. The number of anilines is 2. The Kier molecular flexibility index (Phi) is 5.82. The molecule has 0 aliphatic rings. The maximum atomic E-state index is 12.9. The molecule has 0 spiro atoms. The fourth-order valence-electron chi connectivity index (χ4n) is 2.25. The molecule has 138 valence electrons. The summed E-state index contributed by atoms with van der Waals surface area (Å²) in [7, 11) is 0. The van der Waals surface area contributed by atoms with Gasteiger partial charge in [-0.3, -0.25) is 14.7 Å². The first-order valence-electron chi connectivity index (χ1n) is 7.98. The highest BCUT2D eigenvalue weighted by Crippen LogP contribution is 2.22. The first-order chi connectivity index (χ1) is 13.0. The van der Waals surface area contributed by atoms with E-state index >= 15 is 0 Å². The number of H-pyrrole nitrogens is 1. The van der Waals surface area contributed by atoms with E-state index in [-0.39, 0.29) is 23.4 Å². The third-order valence-corrected chi connectivity index (χ3v) is 4.23. The Bertz CT molecular complexity index is 958. The third kappa shape index (κ3) is 5.38. The molecule has 1 aromatic heterocycles. The van der Waals surface area contributed by atoms with E-state index in [1.54, 1.807) is 18.2 Å². The fourth-order valence-corrected chi connectivity index (χ4v) is 2.85. The van der Waals surface area contributed by atoms with E-state index in [2.05, 4.69) is 25.8 Å². The molecule has 0 fully saturated rings. The molecule has 9 heteroatoms. The molecule has 27 heavy (non-hydrogen) atoms. The lowest BCUT2D eigenvalue weighted by Gasteiger charge is -2.03. The second-order valence-electron chi connectivity index (χ2n) is 5.57. The van der Waals surface area contributed by atoms with Gasteiger partial charge in [0, 0.05) is 23.9 Å². The lowest BCUT2D eigenvalue weighted by Crippen LogP contribution is -2.14. The smallest absolute Gasteiger partial charge is 0.234 e. The average Bonchev–Trinajstić information content (AvgIpc) is 3.11.